The summed E-state index contributed by atoms with van der Waals surface area (Å²) in [6.45, 7) is 11.2. The Bertz CT molecular complexity index is 281. The maximum atomic E-state index is 12.0. The monoisotopic (exact) mass is 268 g/mol. The Morgan fingerprint density at radius 2 is 1.84 bits per heavy atom. The van der Waals surface area contributed by atoms with Crippen LogP contribution in [0.4, 0.5) is 0 Å². The SMILES string of the molecule is CC(C)N1CCC(NC(=O)CN2CCNCC2)CC1. The third-order valence-corrected chi connectivity index (χ3v) is 4.20. The third-order valence-electron chi connectivity index (χ3n) is 4.20. The van der Waals surface area contributed by atoms with E-state index in [1.807, 2.05) is 0 Å². The van der Waals surface area contributed by atoms with Crippen LogP contribution in [0.15, 0.2) is 0 Å². The lowest BCUT2D eigenvalue weighted by atomic mass is 10.0. The van der Waals surface area contributed by atoms with Gasteiger partial charge in [0.1, 0.15) is 0 Å². The fraction of sp³-hybridized carbons (Fsp3) is 0.929. The molecule has 0 atom stereocenters. The molecule has 110 valence electrons. The Balaban J connectivity index is 1.65. The van der Waals surface area contributed by atoms with Crippen LogP contribution < -0.4 is 10.6 Å². The lowest BCUT2D eigenvalue weighted by Gasteiger charge is -2.35. The predicted molar refractivity (Wildman–Crippen MR) is 77.2 cm³/mol. The van der Waals surface area contributed by atoms with Crippen LogP contribution in [0.1, 0.15) is 26.7 Å². The van der Waals surface area contributed by atoms with E-state index in [2.05, 4.69) is 34.3 Å². The second-order valence-corrected chi connectivity index (χ2v) is 6.00. The minimum Gasteiger partial charge on any atom is -0.352 e. The average molecular weight is 268 g/mol. The fourth-order valence-corrected chi connectivity index (χ4v) is 2.91. The first-order chi connectivity index (χ1) is 9.15. The van der Waals surface area contributed by atoms with Crippen LogP contribution >= 0.6 is 0 Å². The molecule has 0 radical (unpaired) electrons. The lowest BCUT2D eigenvalue weighted by molar-refractivity contribution is -0.123. The van der Waals surface area contributed by atoms with Gasteiger partial charge in [-0.1, -0.05) is 0 Å². The van der Waals surface area contributed by atoms with Gasteiger partial charge in [0.05, 0.1) is 6.54 Å². The smallest absolute Gasteiger partial charge is 0.234 e. The summed E-state index contributed by atoms with van der Waals surface area (Å²) in [5, 5.41) is 6.50. The van der Waals surface area contributed by atoms with Crippen LogP contribution in [0.25, 0.3) is 0 Å². The van der Waals surface area contributed by atoms with Crippen molar-refractivity contribution in [1.29, 1.82) is 0 Å². The minimum atomic E-state index is 0.199. The zero-order valence-corrected chi connectivity index (χ0v) is 12.3. The molecular formula is C14H28N4O. The van der Waals surface area contributed by atoms with Gasteiger partial charge < -0.3 is 15.5 Å². The summed E-state index contributed by atoms with van der Waals surface area (Å²) in [6, 6.07) is 1.00. The molecule has 2 aliphatic rings. The summed E-state index contributed by atoms with van der Waals surface area (Å²) in [5.74, 6) is 0.199. The summed E-state index contributed by atoms with van der Waals surface area (Å²) in [5.41, 5.74) is 0. The van der Waals surface area contributed by atoms with Crippen molar-refractivity contribution in [3.8, 4) is 0 Å². The standard InChI is InChI=1S/C14H28N4O/c1-12(2)18-7-3-13(4-8-18)16-14(19)11-17-9-5-15-6-10-17/h12-13,15H,3-11H2,1-2H3,(H,16,19). The molecule has 0 aromatic heterocycles. The van der Waals surface area contributed by atoms with Crippen molar-refractivity contribution in [2.45, 2.75) is 38.8 Å². The normalized spacial score (nSPS) is 23.7. The molecule has 19 heavy (non-hydrogen) atoms. The van der Waals surface area contributed by atoms with E-state index in [-0.39, 0.29) is 5.91 Å². The number of hydrogen-bond donors (Lipinski definition) is 2. The summed E-state index contributed by atoms with van der Waals surface area (Å²) in [7, 11) is 0. The molecule has 1 amide bonds. The van der Waals surface area contributed by atoms with Gasteiger partial charge >= 0.3 is 0 Å². The number of hydrogen-bond acceptors (Lipinski definition) is 4. The average Bonchev–Trinajstić information content (AvgIpc) is 2.40. The molecule has 0 aromatic rings. The van der Waals surface area contributed by atoms with E-state index in [1.54, 1.807) is 0 Å². The molecule has 2 saturated heterocycles. The highest BCUT2D eigenvalue weighted by atomic mass is 16.2. The van der Waals surface area contributed by atoms with E-state index in [0.29, 0.717) is 18.6 Å². The molecule has 0 spiro atoms. The van der Waals surface area contributed by atoms with Gasteiger partial charge in [0.2, 0.25) is 5.91 Å². The third kappa shape index (κ3) is 4.75. The van der Waals surface area contributed by atoms with E-state index in [4.69, 9.17) is 0 Å². The summed E-state index contributed by atoms with van der Waals surface area (Å²) in [4.78, 5) is 16.7. The number of carbonyl (C=O) groups is 1. The highest BCUT2D eigenvalue weighted by Crippen LogP contribution is 2.12. The van der Waals surface area contributed by atoms with Gasteiger partial charge in [0, 0.05) is 51.4 Å². The van der Waals surface area contributed by atoms with Crippen molar-refractivity contribution >= 4 is 5.91 Å². The van der Waals surface area contributed by atoms with Gasteiger partial charge in [-0.2, -0.15) is 0 Å². The molecule has 0 saturated carbocycles. The lowest BCUT2D eigenvalue weighted by Crippen LogP contribution is -2.51. The second kappa shape index (κ2) is 7.22. The first kappa shape index (κ1) is 14.8. The molecule has 5 nitrogen and oxygen atoms in total. The quantitative estimate of drug-likeness (QED) is 0.746. The van der Waals surface area contributed by atoms with Crippen LogP contribution in [-0.2, 0) is 4.79 Å². The van der Waals surface area contributed by atoms with Crippen molar-refractivity contribution < 1.29 is 4.79 Å². The molecule has 2 heterocycles. The number of piperazine rings is 1. The summed E-state index contributed by atoms with van der Waals surface area (Å²) < 4.78 is 0. The molecule has 5 heteroatoms. The molecule has 2 N–H and O–H groups in total. The van der Waals surface area contributed by atoms with Crippen LogP contribution in [0, 0.1) is 0 Å². The topological polar surface area (TPSA) is 47.6 Å². The van der Waals surface area contributed by atoms with Gasteiger partial charge in [-0.25, -0.2) is 0 Å². The highest BCUT2D eigenvalue weighted by Gasteiger charge is 2.22. The van der Waals surface area contributed by atoms with Crippen molar-refractivity contribution in [2.75, 3.05) is 45.8 Å². The van der Waals surface area contributed by atoms with Crippen LogP contribution in [0.2, 0.25) is 0 Å². The number of likely N-dealkylation sites (tertiary alicyclic amines) is 1. The zero-order valence-electron chi connectivity index (χ0n) is 12.3. The van der Waals surface area contributed by atoms with E-state index in [0.717, 1.165) is 52.1 Å². The van der Waals surface area contributed by atoms with Gasteiger partial charge in [-0.05, 0) is 26.7 Å². The van der Waals surface area contributed by atoms with Gasteiger partial charge in [-0.3, -0.25) is 9.69 Å². The maximum absolute atomic E-state index is 12.0. The number of rotatable bonds is 4. The van der Waals surface area contributed by atoms with Gasteiger partial charge in [0.15, 0.2) is 0 Å². The number of nitrogens with one attached hydrogen (secondary N) is 2. The molecule has 0 unspecified atom stereocenters. The highest BCUT2D eigenvalue weighted by molar-refractivity contribution is 5.78. The van der Waals surface area contributed by atoms with Crippen molar-refractivity contribution in [3.05, 3.63) is 0 Å². The van der Waals surface area contributed by atoms with Gasteiger partial charge in [0.25, 0.3) is 0 Å². The zero-order chi connectivity index (χ0) is 13.7. The first-order valence-electron chi connectivity index (χ1n) is 7.61. The number of nitrogens with zero attached hydrogens (tertiary/aromatic N) is 2. The fourth-order valence-electron chi connectivity index (χ4n) is 2.91. The molecule has 2 fully saturated rings. The number of carbonyl (C=O) groups excluding carboxylic acids is 1. The van der Waals surface area contributed by atoms with Crippen molar-refractivity contribution in [3.63, 3.8) is 0 Å². The van der Waals surface area contributed by atoms with Crippen LogP contribution in [0.3, 0.4) is 0 Å². The molecule has 0 bridgehead atoms. The number of amides is 1. The van der Waals surface area contributed by atoms with E-state index in [9.17, 15) is 4.79 Å². The largest absolute Gasteiger partial charge is 0.352 e. The van der Waals surface area contributed by atoms with Crippen LogP contribution in [0.5, 0.6) is 0 Å². The molecule has 0 aromatic carbocycles. The van der Waals surface area contributed by atoms with E-state index >= 15 is 0 Å². The molecule has 2 aliphatic heterocycles. The van der Waals surface area contributed by atoms with Crippen LogP contribution in [-0.4, -0.2) is 73.6 Å². The van der Waals surface area contributed by atoms with Crippen molar-refractivity contribution in [1.82, 2.24) is 20.4 Å². The Morgan fingerprint density at radius 1 is 1.21 bits per heavy atom. The van der Waals surface area contributed by atoms with E-state index < -0.39 is 0 Å². The predicted octanol–water partition coefficient (Wildman–Crippen LogP) is -0.119. The Kier molecular flexibility index (Phi) is 5.60. The molecule has 0 aliphatic carbocycles. The minimum absolute atomic E-state index is 0.199. The van der Waals surface area contributed by atoms with Crippen molar-refractivity contribution in [2.24, 2.45) is 0 Å². The summed E-state index contributed by atoms with van der Waals surface area (Å²) >= 11 is 0. The molecule has 2 rings (SSSR count). The Labute approximate surface area is 116 Å². The van der Waals surface area contributed by atoms with E-state index in [1.165, 1.54) is 0 Å². The molecular weight excluding hydrogens is 240 g/mol. The maximum Gasteiger partial charge on any atom is 0.234 e. The Morgan fingerprint density at radius 3 is 2.42 bits per heavy atom. The van der Waals surface area contributed by atoms with Gasteiger partial charge in [-0.15, -0.1) is 0 Å². The summed E-state index contributed by atoms with van der Waals surface area (Å²) in [6.07, 6.45) is 2.18. The number of piperidine rings is 1. The second-order valence-electron chi connectivity index (χ2n) is 6.00. The Hall–Kier alpha value is -0.650. The first-order valence-corrected chi connectivity index (χ1v) is 7.61.